The molecule has 0 radical (unpaired) electrons. The van der Waals surface area contributed by atoms with E-state index in [1.807, 2.05) is 11.3 Å². The predicted octanol–water partition coefficient (Wildman–Crippen LogP) is 6.92. The van der Waals surface area contributed by atoms with E-state index >= 15 is 0 Å². The van der Waals surface area contributed by atoms with Crippen molar-refractivity contribution in [2.45, 2.75) is 13.3 Å². The Labute approximate surface area is 139 Å². The van der Waals surface area contributed by atoms with Crippen molar-refractivity contribution in [1.82, 2.24) is 0 Å². The van der Waals surface area contributed by atoms with Crippen LogP contribution in [-0.4, -0.2) is 0 Å². The molecule has 0 spiro atoms. The summed E-state index contributed by atoms with van der Waals surface area (Å²) in [6, 6.07) is 22.8. The van der Waals surface area contributed by atoms with Crippen molar-refractivity contribution in [3.05, 3.63) is 71.6 Å². The molecule has 0 saturated carbocycles. The molecule has 0 nitrogen and oxygen atoms in total. The van der Waals surface area contributed by atoms with Gasteiger partial charge in [0.15, 0.2) is 0 Å². The maximum absolute atomic E-state index is 2.35. The van der Waals surface area contributed by atoms with Gasteiger partial charge < -0.3 is 0 Å². The van der Waals surface area contributed by atoms with Gasteiger partial charge in [-0.15, -0.1) is 11.3 Å². The lowest BCUT2D eigenvalue weighted by Gasteiger charge is -2.08. The van der Waals surface area contributed by atoms with Crippen molar-refractivity contribution in [3.8, 4) is 0 Å². The number of thiophene rings is 1. The minimum absolute atomic E-state index is 1.09. The third kappa shape index (κ3) is 1.90. The van der Waals surface area contributed by atoms with Gasteiger partial charge in [-0.05, 0) is 73.9 Å². The zero-order chi connectivity index (χ0) is 15.4. The van der Waals surface area contributed by atoms with Gasteiger partial charge in [-0.1, -0.05) is 43.3 Å². The van der Waals surface area contributed by atoms with Crippen LogP contribution in [0, 0.1) is 0 Å². The van der Waals surface area contributed by atoms with E-state index < -0.39 is 0 Å². The van der Waals surface area contributed by atoms with E-state index in [0.29, 0.717) is 0 Å². The van der Waals surface area contributed by atoms with E-state index in [-0.39, 0.29) is 0 Å². The summed E-state index contributed by atoms with van der Waals surface area (Å²) in [4.78, 5) is 0. The van der Waals surface area contributed by atoms with Crippen LogP contribution in [0.1, 0.15) is 12.5 Å². The molecule has 0 N–H and O–H groups in total. The zero-order valence-electron chi connectivity index (χ0n) is 13.0. The summed E-state index contributed by atoms with van der Waals surface area (Å²) >= 11 is 1.81. The minimum atomic E-state index is 1.09. The molecule has 0 aliphatic carbocycles. The fourth-order valence-electron chi connectivity index (χ4n) is 3.61. The highest BCUT2D eigenvalue weighted by Gasteiger charge is 2.07. The van der Waals surface area contributed by atoms with Gasteiger partial charge in [0.25, 0.3) is 0 Å². The van der Waals surface area contributed by atoms with Gasteiger partial charge in [-0.3, -0.25) is 0 Å². The summed E-state index contributed by atoms with van der Waals surface area (Å²) in [7, 11) is 0. The summed E-state index contributed by atoms with van der Waals surface area (Å²) in [5, 5.41) is 11.6. The largest absolute Gasteiger partial charge is 0.144 e. The average molecular weight is 312 g/mol. The molecule has 23 heavy (non-hydrogen) atoms. The van der Waals surface area contributed by atoms with Gasteiger partial charge in [-0.25, -0.2) is 0 Å². The van der Waals surface area contributed by atoms with Crippen molar-refractivity contribution >= 4 is 53.7 Å². The Balaban J connectivity index is 1.94. The minimum Gasteiger partial charge on any atom is -0.144 e. The lowest BCUT2D eigenvalue weighted by Crippen LogP contribution is -1.83. The van der Waals surface area contributed by atoms with Crippen molar-refractivity contribution in [2.24, 2.45) is 0 Å². The lowest BCUT2D eigenvalue weighted by atomic mass is 9.96. The third-order valence-electron chi connectivity index (χ3n) is 4.88. The Morgan fingerprint density at radius 3 is 2.39 bits per heavy atom. The fraction of sp³-hybridized carbons (Fsp3) is 0.0909. The van der Waals surface area contributed by atoms with Crippen LogP contribution in [0.25, 0.3) is 42.4 Å². The highest BCUT2D eigenvalue weighted by molar-refractivity contribution is 7.17. The number of hydrogen-bond donors (Lipinski definition) is 0. The number of rotatable bonds is 1. The smallest absolute Gasteiger partial charge is 0.0349 e. The van der Waals surface area contributed by atoms with Crippen molar-refractivity contribution in [1.29, 1.82) is 0 Å². The fourth-order valence-corrected chi connectivity index (χ4v) is 4.41. The van der Waals surface area contributed by atoms with E-state index in [1.165, 1.54) is 48.0 Å². The Bertz CT molecular complexity index is 1190. The van der Waals surface area contributed by atoms with Crippen LogP contribution in [-0.2, 0) is 6.42 Å². The summed E-state index contributed by atoms with van der Waals surface area (Å²) in [5.74, 6) is 0. The Morgan fingerprint density at radius 1 is 0.652 bits per heavy atom. The molecule has 5 aromatic rings. The van der Waals surface area contributed by atoms with E-state index in [4.69, 9.17) is 0 Å². The SMILES string of the molecule is CCc1ccc2cc3c(ccc4c5ccsc5ccc34)cc2c1. The molecular weight excluding hydrogens is 296 g/mol. The second-order valence-corrected chi connectivity index (χ2v) is 7.11. The molecule has 0 fully saturated rings. The molecule has 0 bridgehead atoms. The van der Waals surface area contributed by atoms with Crippen LogP contribution < -0.4 is 0 Å². The van der Waals surface area contributed by atoms with E-state index in [9.17, 15) is 0 Å². The molecule has 1 aromatic heterocycles. The van der Waals surface area contributed by atoms with Crippen LogP contribution in [0.2, 0.25) is 0 Å². The first-order chi connectivity index (χ1) is 11.3. The number of aryl methyl sites for hydroxylation is 1. The summed E-state index contributed by atoms with van der Waals surface area (Å²) in [5.41, 5.74) is 1.40. The Hall–Kier alpha value is -2.38. The van der Waals surface area contributed by atoms with Gasteiger partial charge in [0, 0.05) is 10.1 Å². The third-order valence-corrected chi connectivity index (χ3v) is 5.76. The molecule has 5 rings (SSSR count). The predicted molar refractivity (Wildman–Crippen MR) is 104 cm³/mol. The van der Waals surface area contributed by atoms with E-state index in [2.05, 4.69) is 73.0 Å². The van der Waals surface area contributed by atoms with Gasteiger partial charge in [0.05, 0.1) is 0 Å². The maximum atomic E-state index is 2.35. The van der Waals surface area contributed by atoms with Gasteiger partial charge in [0.1, 0.15) is 0 Å². The molecule has 0 saturated heterocycles. The molecule has 0 amide bonds. The second kappa shape index (κ2) is 4.81. The highest BCUT2D eigenvalue weighted by atomic mass is 32.1. The van der Waals surface area contributed by atoms with Crippen molar-refractivity contribution < 1.29 is 0 Å². The molecule has 4 aromatic carbocycles. The van der Waals surface area contributed by atoms with Gasteiger partial charge >= 0.3 is 0 Å². The summed E-state index contributed by atoms with van der Waals surface area (Å²) in [6.07, 6.45) is 1.09. The molecule has 0 aliphatic heterocycles. The Kier molecular flexibility index (Phi) is 2.74. The first-order valence-electron chi connectivity index (χ1n) is 8.09. The normalized spacial score (nSPS) is 11.9. The molecule has 0 atom stereocenters. The van der Waals surface area contributed by atoms with Crippen molar-refractivity contribution in [3.63, 3.8) is 0 Å². The van der Waals surface area contributed by atoms with Crippen molar-refractivity contribution in [2.75, 3.05) is 0 Å². The van der Waals surface area contributed by atoms with Crippen LogP contribution in [0.15, 0.2) is 66.0 Å². The van der Waals surface area contributed by atoms with Crippen LogP contribution in [0.4, 0.5) is 0 Å². The molecular formula is C22H16S. The topological polar surface area (TPSA) is 0 Å². The lowest BCUT2D eigenvalue weighted by molar-refractivity contribution is 1.15. The Morgan fingerprint density at radius 2 is 1.48 bits per heavy atom. The summed E-state index contributed by atoms with van der Waals surface area (Å²) in [6.45, 7) is 2.21. The van der Waals surface area contributed by atoms with Gasteiger partial charge in [0.2, 0.25) is 0 Å². The van der Waals surface area contributed by atoms with E-state index in [1.54, 1.807) is 0 Å². The summed E-state index contributed by atoms with van der Waals surface area (Å²) < 4.78 is 1.37. The average Bonchev–Trinajstić information content (AvgIpc) is 3.08. The standard InChI is InChI=1S/C22H16S/c1-2-14-3-4-15-13-21-16(12-17(15)11-14)5-6-18-19(21)7-8-22-20(18)9-10-23-22/h3-13H,2H2,1H3. The number of fused-ring (bicyclic) bond motifs is 6. The van der Waals surface area contributed by atoms with Crippen LogP contribution in [0.3, 0.4) is 0 Å². The zero-order valence-corrected chi connectivity index (χ0v) is 13.8. The molecule has 110 valence electrons. The molecule has 0 aliphatic rings. The van der Waals surface area contributed by atoms with Crippen LogP contribution >= 0.6 is 11.3 Å². The number of hydrogen-bond acceptors (Lipinski definition) is 1. The quantitative estimate of drug-likeness (QED) is 0.233. The first-order valence-corrected chi connectivity index (χ1v) is 8.97. The van der Waals surface area contributed by atoms with Gasteiger partial charge in [-0.2, -0.15) is 0 Å². The maximum Gasteiger partial charge on any atom is 0.0349 e. The van der Waals surface area contributed by atoms with E-state index in [0.717, 1.165) is 6.42 Å². The molecule has 1 heteroatoms. The first kappa shape index (κ1) is 13.1. The molecule has 0 unspecified atom stereocenters. The highest BCUT2D eigenvalue weighted by Crippen LogP contribution is 2.35. The number of benzene rings is 4. The monoisotopic (exact) mass is 312 g/mol. The van der Waals surface area contributed by atoms with Crippen LogP contribution in [0.5, 0.6) is 0 Å². The molecule has 1 heterocycles. The second-order valence-electron chi connectivity index (χ2n) is 6.17.